The Morgan fingerprint density at radius 3 is 1.51 bits per heavy atom. The van der Waals surface area contributed by atoms with Gasteiger partial charge in [0.05, 0.1) is 7.11 Å². The zero-order valence-electron chi connectivity index (χ0n) is 30.8. The van der Waals surface area contributed by atoms with Gasteiger partial charge in [-0.3, -0.25) is 0 Å². The van der Waals surface area contributed by atoms with E-state index in [9.17, 15) is 4.57 Å². The van der Waals surface area contributed by atoms with Gasteiger partial charge >= 0.3 is 22.4 Å². The first-order chi connectivity index (χ1) is 25.0. The summed E-state index contributed by atoms with van der Waals surface area (Å²) in [6.45, 7) is 10.5. The van der Waals surface area contributed by atoms with Crippen molar-refractivity contribution in [3.05, 3.63) is 181 Å². The Hall–Kier alpha value is -4.83. The molecule has 0 fully saturated rings. The largest absolute Gasteiger partial charge is 3.00 e. The minimum atomic E-state index is -3.06. The molecule has 5 aromatic carbocycles. The molecule has 0 bridgehead atoms. The van der Waals surface area contributed by atoms with E-state index in [0.29, 0.717) is 0 Å². The maximum absolute atomic E-state index is 14.9. The van der Waals surface area contributed by atoms with Crippen LogP contribution in [0.4, 0.5) is 0 Å². The summed E-state index contributed by atoms with van der Waals surface area (Å²) in [5.74, 6) is 0.744. The molecule has 53 heavy (non-hydrogen) atoms. The summed E-state index contributed by atoms with van der Waals surface area (Å²) < 4.78 is 20.2. The van der Waals surface area contributed by atoms with Crippen LogP contribution in [0.3, 0.4) is 0 Å². The summed E-state index contributed by atoms with van der Waals surface area (Å²) in [4.78, 5) is 9.18. The van der Waals surface area contributed by atoms with Gasteiger partial charge in [-0.2, -0.15) is 18.2 Å². The van der Waals surface area contributed by atoms with E-state index in [1.165, 1.54) is 5.56 Å². The first-order valence-electron chi connectivity index (χ1n) is 17.3. The summed E-state index contributed by atoms with van der Waals surface area (Å²) in [6, 6.07) is 57.3. The number of aromatic nitrogens is 2. The molecule has 7 aromatic rings. The molecule has 0 amide bonds. The average Bonchev–Trinajstić information content (AvgIpc) is 3.18. The first kappa shape index (κ1) is 39.4. The van der Waals surface area contributed by atoms with Crippen LogP contribution < -0.4 is 20.7 Å². The van der Waals surface area contributed by atoms with Gasteiger partial charge in [-0.25, -0.2) is 0 Å². The Bertz CT molecular complexity index is 2220. The normalized spacial score (nSPS) is 11.1. The van der Waals surface area contributed by atoms with Crippen molar-refractivity contribution in [2.24, 2.45) is 0 Å². The summed E-state index contributed by atoms with van der Waals surface area (Å²) in [7, 11) is -1.42. The van der Waals surface area contributed by atoms with Crippen LogP contribution in [-0.4, -0.2) is 17.1 Å². The fourth-order valence-corrected chi connectivity index (χ4v) is 8.58. The molecule has 0 aliphatic carbocycles. The monoisotopic (exact) mass is 894 g/mol. The van der Waals surface area contributed by atoms with Gasteiger partial charge in [-0.05, 0) is 27.9 Å². The van der Waals surface area contributed by atoms with Gasteiger partial charge < -0.3 is 19.3 Å². The summed E-state index contributed by atoms with van der Waals surface area (Å²) in [5.41, 5.74) is 8.75. The molecule has 4 nitrogen and oxygen atoms in total. The second-order valence-electron chi connectivity index (χ2n) is 13.7. The van der Waals surface area contributed by atoms with E-state index >= 15 is 0 Å². The van der Waals surface area contributed by atoms with E-state index in [2.05, 4.69) is 86.4 Å². The molecule has 7 rings (SSSR count). The third-order valence-corrected chi connectivity index (χ3v) is 11.9. The van der Waals surface area contributed by atoms with Crippen LogP contribution in [0.25, 0.3) is 33.6 Å². The number of benzene rings is 5. The molecule has 0 N–H and O–H groups in total. The van der Waals surface area contributed by atoms with Gasteiger partial charge in [-0.15, -0.1) is 65.2 Å². The predicted octanol–water partition coefficient (Wildman–Crippen LogP) is 10.1. The maximum atomic E-state index is 14.9. The second kappa shape index (κ2) is 17.3. The van der Waals surface area contributed by atoms with Crippen molar-refractivity contribution >= 4 is 23.1 Å². The minimum absolute atomic E-state index is 0. The number of hydrogen-bond acceptors (Lipinski definition) is 4. The van der Waals surface area contributed by atoms with Crippen LogP contribution in [0.2, 0.25) is 0 Å². The van der Waals surface area contributed by atoms with Crippen LogP contribution >= 0.6 is 7.14 Å². The van der Waals surface area contributed by atoms with Gasteiger partial charge in [0.15, 0.2) is 7.14 Å². The summed E-state index contributed by atoms with van der Waals surface area (Å²) >= 11 is 0. The fourth-order valence-electron chi connectivity index (χ4n) is 5.93. The number of methoxy groups -OCH3 is 1. The van der Waals surface area contributed by atoms with E-state index in [1.807, 2.05) is 117 Å². The maximum Gasteiger partial charge on any atom is 3.00 e. The third-order valence-electron chi connectivity index (χ3n) is 8.82. The molecule has 0 atom stereocenters. The average molecular weight is 895 g/mol. The molecule has 2 aromatic heterocycles. The molecule has 0 spiro atoms. The molecular weight excluding hydrogens is 852 g/mol. The van der Waals surface area contributed by atoms with Crippen LogP contribution in [0.5, 0.6) is 5.75 Å². The smallest absolute Gasteiger partial charge is 0.540 e. The Balaban J connectivity index is 0.000000534. The molecule has 0 aliphatic heterocycles. The predicted molar refractivity (Wildman–Crippen MR) is 215 cm³/mol. The van der Waals surface area contributed by atoms with E-state index in [0.717, 1.165) is 66.7 Å². The Morgan fingerprint density at radius 1 is 0.585 bits per heavy atom. The van der Waals surface area contributed by atoms with Crippen molar-refractivity contribution in [1.82, 2.24) is 9.97 Å². The van der Waals surface area contributed by atoms with Crippen LogP contribution in [0.1, 0.15) is 37.7 Å². The Kier molecular flexibility index (Phi) is 12.9. The molecular formula is C47H42AuN2O2P. The van der Waals surface area contributed by atoms with Crippen molar-refractivity contribution in [1.29, 1.82) is 0 Å². The topological polar surface area (TPSA) is 52.1 Å². The van der Waals surface area contributed by atoms with Gasteiger partial charge in [0, 0.05) is 21.7 Å². The van der Waals surface area contributed by atoms with Gasteiger partial charge in [0.1, 0.15) is 0 Å². The zero-order valence-corrected chi connectivity index (χ0v) is 33.9. The van der Waals surface area contributed by atoms with Crippen LogP contribution in [0.15, 0.2) is 146 Å². The summed E-state index contributed by atoms with van der Waals surface area (Å²) in [5, 5.41) is 2.43. The number of aryl methyl sites for hydroxylation is 2. The molecule has 6 heteroatoms. The molecule has 0 saturated heterocycles. The van der Waals surface area contributed by atoms with Crippen molar-refractivity contribution in [2.45, 2.75) is 40.0 Å². The van der Waals surface area contributed by atoms with Crippen molar-refractivity contribution < 1.29 is 31.7 Å². The number of rotatable bonds is 7. The Morgan fingerprint density at radius 2 is 1.09 bits per heavy atom. The number of hydrogen-bond donors (Lipinski definition) is 0. The molecule has 0 unspecified atom stereocenters. The van der Waals surface area contributed by atoms with E-state index in [4.69, 9.17) is 9.72 Å². The van der Waals surface area contributed by atoms with Gasteiger partial charge in [0.2, 0.25) is 0 Å². The number of nitrogens with zero attached hydrogens (tertiary/aromatic N) is 2. The van der Waals surface area contributed by atoms with Crippen molar-refractivity contribution in [3.63, 3.8) is 0 Å². The summed E-state index contributed by atoms with van der Waals surface area (Å²) in [6.07, 6.45) is 0. The standard InChI is InChI=1S/C40H34NO2P.C7H8N.Au/c1-40(2,3)33-21-15-30(16-22-33)38-27-32(28-39(41-38)31-17-23-34(43-4)24-18-31)29-19-25-37(26-20-29)44(42,35-11-7-5-8-12-35)36-13-9-6-10-14-36;1-6-4-3-5-7(2)8-6;/h5-15,17,19-28H,1-4H3;4-5H,1-2H3;/q-2;-1;+3. The van der Waals surface area contributed by atoms with Crippen LogP contribution in [0, 0.1) is 32.0 Å². The number of ether oxygens (including phenoxy) is 1. The van der Waals surface area contributed by atoms with E-state index in [1.54, 1.807) is 7.11 Å². The molecule has 0 aliphatic rings. The first-order valence-corrected chi connectivity index (χ1v) is 19.0. The van der Waals surface area contributed by atoms with Crippen molar-refractivity contribution in [2.75, 3.05) is 7.11 Å². The molecule has 0 radical (unpaired) electrons. The molecule has 268 valence electrons. The van der Waals surface area contributed by atoms with E-state index < -0.39 is 7.14 Å². The fraction of sp³-hybridized carbons (Fsp3) is 0.149. The molecule has 0 saturated carbocycles. The Labute approximate surface area is 330 Å². The minimum Gasteiger partial charge on any atom is -0.540 e. The zero-order chi connectivity index (χ0) is 36.7. The SMILES string of the molecule is COc1c[c-]c(-c2cc(-c3ccc(P(=O)(c4ccccc4)c4ccccc4)cc3)cc(-c3[c-]cc(C(C)(C)C)cc3)n2)cc1.Cc1c[c-]cc(C)n1.[Au+3]. The van der Waals surface area contributed by atoms with Gasteiger partial charge in [0.25, 0.3) is 0 Å². The van der Waals surface area contributed by atoms with Gasteiger partial charge in [-0.1, -0.05) is 143 Å². The van der Waals surface area contributed by atoms with Crippen LogP contribution in [-0.2, 0) is 32.4 Å². The number of pyridine rings is 2. The van der Waals surface area contributed by atoms with E-state index in [-0.39, 0.29) is 27.8 Å². The quantitative estimate of drug-likeness (QED) is 0.0909. The third kappa shape index (κ3) is 9.40. The van der Waals surface area contributed by atoms with Crippen molar-refractivity contribution in [3.8, 4) is 39.4 Å². The second-order valence-corrected chi connectivity index (χ2v) is 16.5. The molecule has 2 heterocycles.